The van der Waals surface area contributed by atoms with Gasteiger partial charge in [0, 0.05) is 40.4 Å². The second-order valence-corrected chi connectivity index (χ2v) is 10.4. The second-order valence-electron chi connectivity index (χ2n) is 10.4. The summed E-state index contributed by atoms with van der Waals surface area (Å²) >= 11 is 0. The molecule has 2 aliphatic rings. The van der Waals surface area contributed by atoms with Crippen molar-refractivity contribution >= 4 is 23.1 Å². The fourth-order valence-corrected chi connectivity index (χ4v) is 5.33. The molecule has 3 aromatic rings. The maximum atomic E-state index is 13.9. The minimum absolute atomic E-state index is 0.0152. The summed E-state index contributed by atoms with van der Waals surface area (Å²) in [4.78, 5) is 15.6. The van der Waals surface area contributed by atoms with E-state index in [4.69, 9.17) is 0 Å². The van der Waals surface area contributed by atoms with Crippen molar-refractivity contribution < 1.29 is 14.3 Å². The highest BCUT2D eigenvalue weighted by Crippen LogP contribution is 2.51. The highest BCUT2D eigenvalue weighted by atomic mass is 19.1. The highest BCUT2D eigenvalue weighted by molar-refractivity contribution is 6.19. The Kier molecular flexibility index (Phi) is 5.87. The first-order chi connectivity index (χ1) is 17.2. The molecule has 1 heterocycles. The largest absolute Gasteiger partial charge is 0.507 e. The summed E-state index contributed by atoms with van der Waals surface area (Å²) in [5, 5.41) is 21.0. The lowest BCUT2D eigenvalue weighted by molar-refractivity contribution is -0.118. The minimum Gasteiger partial charge on any atom is -0.507 e. The summed E-state index contributed by atoms with van der Waals surface area (Å²) in [5.74, 6) is -1.03. The Bertz CT molecular complexity index is 1400. The van der Waals surface area contributed by atoms with Crippen LogP contribution in [0, 0.1) is 23.6 Å². The van der Waals surface area contributed by atoms with Crippen LogP contribution in [0.1, 0.15) is 49.3 Å². The molecule has 0 amide bonds. The van der Waals surface area contributed by atoms with Crippen LogP contribution < -0.4 is 4.90 Å². The van der Waals surface area contributed by atoms with Crippen LogP contribution in [0.25, 0.3) is 5.76 Å². The summed E-state index contributed by atoms with van der Waals surface area (Å²) < 4.78 is 13.9. The summed E-state index contributed by atoms with van der Waals surface area (Å²) in [7, 11) is 0. The SMILES string of the molecule is Cc1ccc(N2C(=N)/C(=C(/O)c3ccccc3)C(c3ccc(F)cc3)C3=C2CC(C)(C)CC3=O)cc1. The van der Waals surface area contributed by atoms with Gasteiger partial charge in [0.1, 0.15) is 17.4 Å². The number of allylic oxidation sites excluding steroid dienone is 2. The number of nitrogens with one attached hydrogen (secondary N) is 1. The van der Waals surface area contributed by atoms with Gasteiger partial charge < -0.3 is 5.11 Å². The summed E-state index contributed by atoms with van der Waals surface area (Å²) in [5.41, 5.74) is 4.46. The van der Waals surface area contributed by atoms with Gasteiger partial charge in [-0.15, -0.1) is 0 Å². The zero-order valence-corrected chi connectivity index (χ0v) is 20.7. The molecule has 0 saturated heterocycles. The zero-order chi connectivity index (χ0) is 25.6. The molecule has 5 rings (SSSR count). The molecule has 36 heavy (non-hydrogen) atoms. The second kappa shape index (κ2) is 8.90. The van der Waals surface area contributed by atoms with Crippen molar-refractivity contribution in [2.24, 2.45) is 5.41 Å². The maximum absolute atomic E-state index is 13.9. The van der Waals surface area contributed by atoms with E-state index in [1.807, 2.05) is 54.3 Å². The molecule has 0 bridgehead atoms. The first-order valence-electron chi connectivity index (χ1n) is 12.1. The number of ketones is 1. The summed E-state index contributed by atoms with van der Waals surface area (Å²) in [6.07, 6.45) is 0.958. The minimum atomic E-state index is -0.682. The third-order valence-electron chi connectivity index (χ3n) is 7.02. The number of benzene rings is 3. The van der Waals surface area contributed by atoms with Crippen LogP contribution in [0.5, 0.6) is 0 Å². The molecular formula is C31H29FN2O2. The molecule has 5 heteroatoms. The smallest absolute Gasteiger partial charge is 0.162 e. The van der Waals surface area contributed by atoms with Gasteiger partial charge >= 0.3 is 0 Å². The standard InChI is InChI=1S/C31H29FN2O2/c1-19-9-15-23(16-10-19)34-24-17-31(2,3)18-25(35)27(24)26(20-11-13-22(32)14-12-20)28(30(34)33)29(36)21-7-5-4-6-8-21/h4-16,26,33,36H,17-18H2,1-3H3/b29-28+,33-30?. The van der Waals surface area contributed by atoms with Gasteiger partial charge in [0.15, 0.2) is 5.78 Å². The van der Waals surface area contributed by atoms with E-state index in [0.717, 1.165) is 16.9 Å². The van der Waals surface area contributed by atoms with E-state index in [-0.39, 0.29) is 28.6 Å². The first-order valence-corrected chi connectivity index (χ1v) is 12.1. The van der Waals surface area contributed by atoms with Crippen molar-refractivity contribution in [3.8, 4) is 0 Å². The van der Waals surface area contributed by atoms with Crippen molar-refractivity contribution in [2.75, 3.05) is 4.90 Å². The molecule has 1 aliphatic carbocycles. The molecular weight excluding hydrogens is 451 g/mol. The fourth-order valence-electron chi connectivity index (χ4n) is 5.33. The van der Waals surface area contributed by atoms with Crippen molar-refractivity contribution in [1.29, 1.82) is 5.41 Å². The van der Waals surface area contributed by atoms with Crippen LogP contribution in [0.2, 0.25) is 0 Å². The van der Waals surface area contributed by atoms with E-state index in [9.17, 15) is 19.7 Å². The number of amidine groups is 1. The molecule has 0 spiro atoms. The number of Topliss-reactive ketones (excluding diaryl/α,β-unsaturated/α-hetero) is 1. The summed E-state index contributed by atoms with van der Waals surface area (Å²) in [6, 6.07) is 22.9. The maximum Gasteiger partial charge on any atom is 0.162 e. The molecule has 4 nitrogen and oxygen atoms in total. The van der Waals surface area contributed by atoms with Gasteiger partial charge in [-0.25, -0.2) is 4.39 Å². The third kappa shape index (κ3) is 4.15. The average molecular weight is 481 g/mol. The van der Waals surface area contributed by atoms with E-state index in [1.165, 1.54) is 12.1 Å². The molecule has 3 aromatic carbocycles. The quantitative estimate of drug-likeness (QED) is 0.386. The average Bonchev–Trinajstić information content (AvgIpc) is 2.84. The van der Waals surface area contributed by atoms with E-state index >= 15 is 0 Å². The number of hydrogen-bond donors (Lipinski definition) is 2. The number of anilines is 1. The van der Waals surface area contributed by atoms with Gasteiger partial charge in [-0.1, -0.05) is 74.0 Å². The van der Waals surface area contributed by atoms with Gasteiger partial charge in [0.05, 0.1) is 0 Å². The predicted molar refractivity (Wildman–Crippen MR) is 142 cm³/mol. The third-order valence-corrected chi connectivity index (χ3v) is 7.02. The number of aliphatic hydroxyl groups excluding tert-OH is 1. The fraction of sp³-hybridized carbons (Fsp3) is 0.226. The van der Waals surface area contributed by atoms with E-state index in [0.29, 0.717) is 35.1 Å². The van der Waals surface area contributed by atoms with E-state index in [1.54, 1.807) is 24.3 Å². The lowest BCUT2D eigenvalue weighted by Crippen LogP contribution is -2.45. The van der Waals surface area contributed by atoms with Gasteiger partial charge in [-0.05, 0) is 48.6 Å². The summed E-state index contributed by atoms with van der Waals surface area (Å²) in [6.45, 7) is 6.12. The van der Waals surface area contributed by atoms with Crippen LogP contribution in [0.4, 0.5) is 10.1 Å². The van der Waals surface area contributed by atoms with E-state index < -0.39 is 5.92 Å². The van der Waals surface area contributed by atoms with Crippen LogP contribution in [-0.4, -0.2) is 16.7 Å². The number of rotatable bonds is 3. The van der Waals surface area contributed by atoms with Crippen molar-refractivity contribution in [3.05, 3.63) is 118 Å². The van der Waals surface area contributed by atoms with Gasteiger partial charge in [-0.3, -0.25) is 15.1 Å². The monoisotopic (exact) mass is 480 g/mol. The Hall–Kier alpha value is -3.99. The number of aliphatic hydroxyl groups is 1. The van der Waals surface area contributed by atoms with Crippen molar-refractivity contribution in [2.45, 2.75) is 39.5 Å². The van der Waals surface area contributed by atoms with Crippen LogP contribution >= 0.6 is 0 Å². The molecule has 2 N–H and O–H groups in total. The number of nitrogens with zero attached hydrogens (tertiary/aromatic N) is 1. The molecule has 1 atom stereocenters. The normalized spacial score (nSPS) is 20.9. The number of carbonyl (C=O) groups is 1. The lowest BCUT2D eigenvalue weighted by Gasteiger charge is -2.45. The Morgan fingerprint density at radius 2 is 1.61 bits per heavy atom. The zero-order valence-electron chi connectivity index (χ0n) is 20.7. The lowest BCUT2D eigenvalue weighted by atomic mass is 9.67. The topological polar surface area (TPSA) is 64.4 Å². The van der Waals surface area contributed by atoms with Crippen LogP contribution in [0.15, 0.2) is 95.7 Å². The Morgan fingerprint density at radius 3 is 2.25 bits per heavy atom. The Balaban J connectivity index is 1.84. The number of hydrogen-bond acceptors (Lipinski definition) is 3. The van der Waals surface area contributed by atoms with E-state index in [2.05, 4.69) is 13.8 Å². The predicted octanol–water partition coefficient (Wildman–Crippen LogP) is 7.33. The van der Waals surface area contributed by atoms with Gasteiger partial charge in [0.2, 0.25) is 0 Å². The Labute approximate surface area is 210 Å². The molecule has 0 fully saturated rings. The molecule has 0 aromatic heterocycles. The van der Waals surface area contributed by atoms with Crippen LogP contribution in [-0.2, 0) is 4.79 Å². The number of aryl methyl sites for hydroxylation is 1. The van der Waals surface area contributed by atoms with Gasteiger partial charge in [0.25, 0.3) is 0 Å². The van der Waals surface area contributed by atoms with Crippen molar-refractivity contribution in [3.63, 3.8) is 0 Å². The Morgan fingerprint density at radius 1 is 0.972 bits per heavy atom. The molecule has 1 unspecified atom stereocenters. The molecule has 1 aliphatic heterocycles. The van der Waals surface area contributed by atoms with Gasteiger partial charge in [-0.2, -0.15) is 0 Å². The number of halogens is 1. The van der Waals surface area contributed by atoms with Crippen molar-refractivity contribution in [1.82, 2.24) is 0 Å². The highest BCUT2D eigenvalue weighted by Gasteiger charge is 2.46. The first kappa shape index (κ1) is 23.7. The molecule has 0 radical (unpaired) electrons. The molecule has 0 saturated carbocycles. The molecule has 182 valence electrons. The number of carbonyl (C=O) groups excluding carboxylic acids is 1. The van der Waals surface area contributed by atoms with Crippen LogP contribution in [0.3, 0.4) is 0 Å².